The molecule has 1 aliphatic carbocycles. The van der Waals surface area contributed by atoms with Gasteiger partial charge in [-0.25, -0.2) is 13.9 Å². The molecule has 0 unspecified atom stereocenters. The van der Waals surface area contributed by atoms with Crippen LogP contribution in [0.2, 0.25) is 0 Å². The van der Waals surface area contributed by atoms with E-state index in [-0.39, 0.29) is 11.8 Å². The Bertz CT molecular complexity index is 1110. The first kappa shape index (κ1) is 18.0. The van der Waals surface area contributed by atoms with Crippen molar-refractivity contribution in [3.05, 3.63) is 48.3 Å². The smallest absolute Gasteiger partial charge is 0.414 e. The van der Waals surface area contributed by atoms with Gasteiger partial charge in [-0.3, -0.25) is 4.90 Å². The minimum absolute atomic E-state index is 0.267. The number of cyclic esters (lactones) is 1. The number of para-hydroxylation sites is 1. The second-order valence-electron chi connectivity index (χ2n) is 7.26. The lowest BCUT2D eigenvalue weighted by Crippen LogP contribution is -2.34. The maximum atomic E-state index is 14.9. The summed E-state index contributed by atoms with van der Waals surface area (Å²) in [7, 11) is 0. The van der Waals surface area contributed by atoms with Crippen LogP contribution in [0.25, 0.3) is 16.7 Å². The monoisotopic (exact) mass is 411 g/mol. The van der Waals surface area contributed by atoms with Gasteiger partial charge in [0.25, 0.3) is 0 Å². The van der Waals surface area contributed by atoms with Crippen LogP contribution in [0.5, 0.6) is 0 Å². The molecule has 5 rings (SSSR count). The van der Waals surface area contributed by atoms with Crippen LogP contribution in [0.1, 0.15) is 12.8 Å². The van der Waals surface area contributed by atoms with Gasteiger partial charge in [-0.15, -0.1) is 5.10 Å². The van der Waals surface area contributed by atoms with Crippen molar-refractivity contribution in [2.45, 2.75) is 18.9 Å². The third-order valence-corrected chi connectivity index (χ3v) is 5.63. The van der Waals surface area contributed by atoms with Crippen molar-refractivity contribution in [2.75, 3.05) is 18.0 Å². The number of aromatic nitrogens is 3. The van der Waals surface area contributed by atoms with Crippen LogP contribution in [-0.2, 0) is 4.74 Å². The van der Waals surface area contributed by atoms with Gasteiger partial charge in [0.2, 0.25) is 0 Å². The number of benzene rings is 2. The van der Waals surface area contributed by atoms with Gasteiger partial charge in [-0.2, -0.15) is 0 Å². The summed E-state index contributed by atoms with van der Waals surface area (Å²) in [5.74, 6) is -0.0323. The molecule has 1 saturated carbocycles. The Labute approximate surface area is 171 Å². The number of nitrogens with zero attached hydrogens (tertiary/aromatic N) is 4. The Morgan fingerprint density at radius 3 is 2.90 bits per heavy atom. The molecule has 29 heavy (non-hydrogen) atoms. The minimum atomic E-state index is -0.498. The van der Waals surface area contributed by atoms with Crippen LogP contribution in [-0.4, -0.2) is 45.3 Å². The summed E-state index contributed by atoms with van der Waals surface area (Å²) in [6, 6.07) is 11.9. The maximum absolute atomic E-state index is 14.9. The predicted molar refractivity (Wildman–Crippen MR) is 110 cm³/mol. The predicted octanol–water partition coefficient (Wildman–Crippen LogP) is 3.21. The van der Waals surface area contributed by atoms with Crippen LogP contribution < -0.4 is 10.2 Å². The lowest BCUT2D eigenvalue weighted by molar-refractivity contribution is 0.143. The molecule has 9 heteroatoms. The Morgan fingerprint density at radius 1 is 1.28 bits per heavy atom. The van der Waals surface area contributed by atoms with Crippen molar-refractivity contribution >= 4 is 40.0 Å². The highest BCUT2D eigenvalue weighted by atomic mass is 32.1. The molecular weight excluding hydrogens is 393 g/mol. The number of carbonyl (C=O) groups excluding carboxylic acids is 1. The van der Waals surface area contributed by atoms with Gasteiger partial charge in [-0.05, 0) is 43.2 Å². The van der Waals surface area contributed by atoms with E-state index in [4.69, 9.17) is 17.0 Å². The van der Waals surface area contributed by atoms with Crippen LogP contribution >= 0.6 is 12.2 Å². The molecule has 1 amide bonds. The van der Waals surface area contributed by atoms with Gasteiger partial charge in [0.15, 0.2) is 5.82 Å². The van der Waals surface area contributed by atoms with E-state index in [9.17, 15) is 9.18 Å². The summed E-state index contributed by atoms with van der Waals surface area (Å²) in [6.45, 7) is 0.799. The average Bonchev–Trinajstić information content (AvgIpc) is 3.39. The molecule has 3 aromatic rings. The van der Waals surface area contributed by atoms with E-state index in [1.54, 1.807) is 12.1 Å². The zero-order valence-electron chi connectivity index (χ0n) is 15.4. The summed E-state index contributed by atoms with van der Waals surface area (Å²) < 4.78 is 21.7. The number of hydrogen-bond donors (Lipinski definition) is 1. The Hall–Kier alpha value is -3.07. The SMILES string of the molecule is O=C1O[C@@H](CNC(=S)C2CC2)CN1c1ccc(-n2nnc3ccccc32)c(F)c1. The third-order valence-electron chi connectivity index (χ3n) is 5.15. The number of carbonyl (C=O) groups is 1. The maximum Gasteiger partial charge on any atom is 0.414 e. The molecule has 2 aliphatic rings. The molecule has 1 aliphatic heterocycles. The van der Waals surface area contributed by atoms with E-state index in [1.165, 1.54) is 15.6 Å². The van der Waals surface area contributed by atoms with Gasteiger partial charge >= 0.3 is 6.09 Å². The van der Waals surface area contributed by atoms with Gasteiger partial charge in [0, 0.05) is 5.92 Å². The molecular formula is C20H18FN5O2S. The third kappa shape index (κ3) is 3.42. The first-order valence-corrected chi connectivity index (χ1v) is 9.87. The van der Waals surface area contributed by atoms with Crippen molar-refractivity contribution < 1.29 is 13.9 Å². The number of rotatable bonds is 5. The first-order valence-electron chi connectivity index (χ1n) is 9.46. The average molecular weight is 411 g/mol. The van der Waals surface area contributed by atoms with Gasteiger partial charge in [0.05, 0.1) is 29.3 Å². The normalized spacial score (nSPS) is 18.9. The number of halogens is 1. The van der Waals surface area contributed by atoms with E-state index in [0.717, 1.165) is 17.8 Å². The summed E-state index contributed by atoms with van der Waals surface area (Å²) in [5.41, 5.74) is 2.09. The van der Waals surface area contributed by atoms with Crippen molar-refractivity contribution in [3.8, 4) is 5.69 Å². The summed E-state index contributed by atoms with van der Waals surface area (Å²) >= 11 is 5.30. The molecule has 2 heterocycles. The number of nitrogens with one attached hydrogen (secondary N) is 1. The zero-order chi connectivity index (χ0) is 20.0. The van der Waals surface area contributed by atoms with E-state index >= 15 is 0 Å². The molecule has 2 fully saturated rings. The molecule has 0 spiro atoms. The molecule has 1 saturated heterocycles. The van der Waals surface area contributed by atoms with E-state index in [1.807, 2.05) is 24.3 Å². The number of amides is 1. The highest BCUT2D eigenvalue weighted by Crippen LogP contribution is 2.30. The van der Waals surface area contributed by atoms with E-state index in [2.05, 4.69) is 15.6 Å². The van der Waals surface area contributed by atoms with E-state index in [0.29, 0.717) is 35.7 Å². The standard InChI is InChI=1S/C20H18FN5O2S/c21-15-9-13(7-8-17(15)26-18-4-2-1-3-16(18)23-24-26)25-11-14(28-20(25)27)10-22-19(29)12-5-6-12/h1-4,7-9,12,14H,5-6,10-11H2,(H,22,29)/t14-/m0/s1. The Kier molecular flexibility index (Phi) is 4.39. The summed E-state index contributed by atoms with van der Waals surface area (Å²) in [6.07, 6.45) is 1.41. The van der Waals surface area contributed by atoms with Crippen LogP contribution in [0, 0.1) is 11.7 Å². The Morgan fingerprint density at radius 2 is 2.10 bits per heavy atom. The second kappa shape index (κ2) is 7.07. The highest BCUT2D eigenvalue weighted by molar-refractivity contribution is 7.80. The lowest BCUT2D eigenvalue weighted by atomic mass is 10.2. The van der Waals surface area contributed by atoms with Crippen molar-refractivity contribution in [1.29, 1.82) is 0 Å². The molecule has 2 aromatic carbocycles. The van der Waals surface area contributed by atoms with Crippen molar-refractivity contribution in [2.24, 2.45) is 5.92 Å². The quantitative estimate of drug-likeness (QED) is 0.650. The van der Waals surface area contributed by atoms with Crippen LogP contribution in [0.15, 0.2) is 42.5 Å². The number of hydrogen-bond acceptors (Lipinski definition) is 5. The highest BCUT2D eigenvalue weighted by Gasteiger charge is 2.34. The zero-order valence-corrected chi connectivity index (χ0v) is 16.2. The fraction of sp³-hybridized carbons (Fsp3) is 0.300. The van der Waals surface area contributed by atoms with Gasteiger partial charge in [0.1, 0.15) is 17.3 Å². The van der Waals surface area contributed by atoms with Crippen LogP contribution in [0.4, 0.5) is 14.9 Å². The second-order valence-corrected chi connectivity index (χ2v) is 7.70. The van der Waals surface area contributed by atoms with Crippen LogP contribution in [0.3, 0.4) is 0 Å². The molecule has 1 atom stereocenters. The van der Waals surface area contributed by atoms with Gasteiger partial charge < -0.3 is 10.1 Å². The van der Waals surface area contributed by atoms with Crippen molar-refractivity contribution in [1.82, 2.24) is 20.3 Å². The fourth-order valence-corrected chi connectivity index (χ4v) is 3.74. The number of fused-ring (bicyclic) bond motifs is 1. The lowest BCUT2D eigenvalue weighted by Gasteiger charge is -2.15. The molecule has 0 bridgehead atoms. The number of thiocarbonyl (C=S) groups is 1. The fourth-order valence-electron chi connectivity index (χ4n) is 3.43. The number of anilines is 1. The largest absolute Gasteiger partial charge is 0.442 e. The molecule has 148 valence electrons. The number of ether oxygens (including phenoxy) is 1. The van der Waals surface area contributed by atoms with E-state index < -0.39 is 11.9 Å². The van der Waals surface area contributed by atoms with Gasteiger partial charge in [-0.1, -0.05) is 29.6 Å². The van der Waals surface area contributed by atoms with Crippen molar-refractivity contribution in [3.63, 3.8) is 0 Å². The molecule has 0 radical (unpaired) electrons. The summed E-state index contributed by atoms with van der Waals surface area (Å²) in [4.78, 5) is 14.5. The molecule has 1 aromatic heterocycles. The minimum Gasteiger partial charge on any atom is -0.442 e. The topological polar surface area (TPSA) is 72.3 Å². The molecule has 1 N–H and O–H groups in total. The molecule has 7 nitrogen and oxygen atoms in total. The Balaban J connectivity index is 1.33. The summed E-state index contributed by atoms with van der Waals surface area (Å²) in [5, 5.41) is 11.3. The first-order chi connectivity index (χ1) is 14.1.